The first-order chi connectivity index (χ1) is 5.58. The van der Waals surface area contributed by atoms with Crippen molar-refractivity contribution in [1.29, 1.82) is 0 Å². The zero-order chi connectivity index (χ0) is 9.98. The van der Waals surface area contributed by atoms with E-state index < -0.39 is 12.3 Å². The molecule has 74 valence electrons. The van der Waals surface area contributed by atoms with Gasteiger partial charge in [0.05, 0.1) is 0 Å². The molecule has 0 saturated heterocycles. The van der Waals surface area contributed by atoms with Crippen molar-refractivity contribution in [2.45, 2.75) is 39.9 Å². The molecule has 0 spiro atoms. The van der Waals surface area contributed by atoms with E-state index in [1.807, 2.05) is 6.92 Å². The molecule has 0 aliphatic rings. The molecule has 0 aliphatic heterocycles. The molecule has 0 aromatic carbocycles. The Morgan fingerprint density at radius 2 is 1.92 bits per heavy atom. The second kappa shape index (κ2) is 10.4. The number of ether oxygens (including phenoxy) is 1. The van der Waals surface area contributed by atoms with Crippen molar-refractivity contribution in [3.63, 3.8) is 0 Å². The van der Waals surface area contributed by atoms with E-state index in [4.69, 9.17) is 10.2 Å². The lowest BCUT2D eigenvalue weighted by Crippen LogP contribution is -2.14. The maximum absolute atomic E-state index is 10.1. The van der Waals surface area contributed by atoms with Crippen molar-refractivity contribution in [2.75, 3.05) is 6.61 Å². The predicted molar refractivity (Wildman–Crippen MR) is 45.4 cm³/mol. The number of carbonyl (C=O) groups excluding carboxylic acids is 1. The van der Waals surface area contributed by atoms with E-state index in [9.17, 15) is 4.79 Å². The monoisotopic (exact) mass is 178 g/mol. The Labute approximate surface area is 73.2 Å². The van der Waals surface area contributed by atoms with Crippen molar-refractivity contribution in [1.82, 2.24) is 0 Å². The highest BCUT2D eigenvalue weighted by atomic mass is 16.6. The van der Waals surface area contributed by atoms with Crippen LogP contribution in [0.1, 0.15) is 33.6 Å². The number of esters is 1. The normalized spacial score (nSPS) is 11.1. The molecule has 0 fully saturated rings. The Hall–Kier alpha value is -0.610. The first kappa shape index (κ1) is 13.9. The largest absolute Gasteiger partial charge is 0.436 e. The topological polar surface area (TPSA) is 66.8 Å². The van der Waals surface area contributed by atoms with Gasteiger partial charge in [-0.05, 0) is 6.92 Å². The van der Waals surface area contributed by atoms with Crippen molar-refractivity contribution >= 4 is 5.97 Å². The van der Waals surface area contributed by atoms with E-state index in [1.165, 1.54) is 6.92 Å². The molecule has 0 aromatic rings. The van der Waals surface area contributed by atoms with Gasteiger partial charge in [0, 0.05) is 20.0 Å². The van der Waals surface area contributed by atoms with E-state index in [2.05, 4.69) is 4.74 Å². The zero-order valence-corrected chi connectivity index (χ0v) is 7.91. The van der Waals surface area contributed by atoms with Crippen LogP contribution < -0.4 is 0 Å². The minimum absolute atomic E-state index is 0.250. The molecule has 0 amide bonds. The molecule has 4 heteroatoms. The highest BCUT2D eigenvalue weighted by Crippen LogP contribution is 1.96. The summed E-state index contributed by atoms with van der Waals surface area (Å²) in [5.41, 5.74) is 0. The molecule has 0 saturated carbocycles. The summed E-state index contributed by atoms with van der Waals surface area (Å²) in [6.45, 7) is 5.12. The summed E-state index contributed by atoms with van der Waals surface area (Å²) >= 11 is 0. The van der Waals surface area contributed by atoms with Crippen LogP contribution >= 0.6 is 0 Å². The van der Waals surface area contributed by atoms with Crippen LogP contribution in [0.2, 0.25) is 0 Å². The molecule has 1 atom stereocenters. The van der Waals surface area contributed by atoms with Crippen molar-refractivity contribution in [2.24, 2.45) is 0 Å². The fraction of sp³-hybridized carbons (Fsp3) is 0.875. The zero-order valence-electron chi connectivity index (χ0n) is 7.91. The average molecular weight is 178 g/mol. The predicted octanol–water partition coefficient (Wildman–Crippen LogP) is 0.667. The summed E-state index contributed by atoms with van der Waals surface area (Å²) < 4.78 is 4.41. The molecule has 0 aromatic heterocycles. The maximum Gasteiger partial charge on any atom is 0.304 e. The molecular weight excluding hydrogens is 160 g/mol. The van der Waals surface area contributed by atoms with Gasteiger partial charge in [0.2, 0.25) is 6.29 Å². The minimum atomic E-state index is -0.910. The average Bonchev–Trinajstić information content (AvgIpc) is 1.87. The smallest absolute Gasteiger partial charge is 0.304 e. The number of hydrogen-bond acceptors (Lipinski definition) is 4. The Balaban J connectivity index is 0. The highest BCUT2D eigenvalue weighted by molar-refractivity contribution is 5.65. The van der Waals surface area contributed by atoms with Gasteiger partial charge in [0.15, 0.2) is 0 Å². The third-order valence-corrected chi connectivity index (χ3v) is 0.838. The summed E-state index contributed by atoms with van der Waals surface area (Å²) in [6, 6.07) is 0. The number of carbonyl (C=O) groups is 1. The first-order valence-electron chi connectivity index (χ1n) is 4.04. The molecule has 0 aliphatic carbocycles. The molecule has 0 radical (unpaired) electrons. The molecule has 2 N–H and O–H groups in total. The van der Waals surface area contributed by atoms with Gasteiger partial charge in [-0.3, -0.25) is 4.79 Å². The van der Waals surface area contributed by atoms with Gasteiger partial charge in [-0.25, -0.2) is 0 Å². The Morgan fingerprint density at radius 1 is 1.50 bits per heavy atom. The van der Waals surface area contributed by atoms with Gasteiger partial charge in [-0.2, -0.15) is 0 Å². The molecule has 0 heterocycles. The number of aliphatic hydroxyl groups excluding tert-OH is 2. The summed E-state index contributed by atoms with van der Waals surface area (Å²) in [7, 11) is 0. The van der Waals surface area contributed by atoms with Gasteiger partial charge in [-0.15, -0.1) is 0 Å². The van der Waals surface area contributed by atoms with E-state index in [0.29, 0.717) is 6.42 Å². The Morgan fingerprint density at radius 3 is 2.17 bits per heavy atom. The maximum atomic E-state index is 10.1. The highest BCUT2D eigenvalue weighted by Gasteiger charge is 2.03. The summed E-state index contributed by atoms with van der Waals surface area (Å²) in [5.74, 6) is -0.434. The standard InChI is InChI=1S/C6H12O3.C2H6O/c1-3-4-6(8)9-5(2)7;1-2-3/h6,8H,3-4H2,1-2H3;3H,2H2,1H3. The molecule has 0 rings (SSSR count). The van der Waals surface area contributed by atoms with Gasteiger partial charge < -0.3 is 14.9 Å². The lowest BCUT2D eigenvalue weighted by atomic mass is 10.3. The van der Waals surface area contributed by atoms with Crippen LogP contribution in [0.25, 0.3) is 0 Å². The van der Waals surface area contributed by atoms with E-state index in [-0.39, 0.29) is 6.61 Å². The van der Waals surface area contributed by atoms with Crippen LogP contribution in [0.5, 0.6) is 0 Å². The van der Waals surface area contributed by atoms with Crippen LogP contribution in [-0.2, 0) is 9.53 Å². The van der Waals surface area contributed by atoms with Gasteiger partial charge in [0.25, 0.3) is 0 Å². The van der Waals surface area contributed by atoms with Gasteiger partial charge in [-0.1, -0.05) is 13.3 Å². The van der Waals surface area contributed by atoms with Crippen LogP contribution in [0.4, 0.5) is 0 Å². The second-order valence-corrected chi connectivity index (χ2v) is 2.17. The summed E-state index contributed by atoms with van der Waals surface area (Å²) in [6.07, 6.45) is 0.418. The number of aliphatic hydroxyl groups is 2. The SMILES string of the molecule is CCCC(O)OC(C)=O.CCO. The van der Waals surface area contributed by atoms with E-state index in [1.54, 1.807) is 6.92 Å². The molecule has 4 nitrogen and oxygen atoms in total. The van der Waals surface area contributed by atoms with Gasteiger partial charge in [0.1, 0.15) is 0 Å². The molecule has 12 heavy (non-hydrogen) atoms. The Bertz CT molecular complexity index is 103. The molecule has 0 bridgehead atoms. The summed E-state index contributed by atoms with van der Waals surface area (Å²) in [5, 5.41) is 16.3. The van der Waals surface area contributed by atoms with Crippen LogP contribution in [0, 0.1) is 0 Å². The van der Waals surface area contributed by atoms with E-state index >= 15 is 0 Å². The lowest BCUT2D eigenvalue weighted by molar-refractivity contribution is -0.165. The van der Waals surface area contributed by atoms with Crippen LogP contribution in [0.3, 0.4) is 0 Å². The van der Waals surface area contributed by atoms with Crippen LogP contribution in [0.15, 0.2) is 0 Å². The Kier molecular flexibility index (Phi) is 12.1. The third-order valence-electron chi connectivity index (χ3n) is 0.838. The second-order valence-electron chi connectivity index (χ2n) is 2.17. The lowest BCUT2D eigenvalue weighted by Gasteiger charge is -2.07. The summed E-state index contributed by atoms with van der Waals surface area (Å²) in [4.78, 5) is 10.1. The van der Waals surface area contributed by atoms with Crippen molar-refractivity contribution < 1.29 is 19.7 Å². The minimum Gasteiger partial charge on any atom is -0.436 e. The fourth-order valence-electron chi connectivity index (χ4n) is 0.497. The fourth-order valence-corrected chi connectivity index (χ4v) is 0.497. The van der Waals surface area contributed by atoms with Crippen LogP contribution in [-0.4, -0.2) is 29.1 Å². The van der Waals surface area contributed by atoms with Gasteiger partial charge >= 0.3 is 5.97 Å². The number of hydrogen-bond donors (Lipinski definition) is 2. The van der Waals surface area contributed by atoms with Crippen molar-refractivity contribution in [3.8, 4) is 0 Å². The first-order valence-corrected chi connectivity index (χ1v) is 4.04. The molecular formula is C8H18O4. The number of rotatable bonds is 3. The van der Waals surface area contributed by atoms with E-state index in [0.717, 1.165) is 6.42 Å². The van der Waals surface area contributed by atoms with Crippen molar-refractivity contribution in [3.05, 3.63) is 0 Å². The third kappa shape index (κ3) is 16.2. The quantitative estimate of drug-likeness (QED) is 0.492. The molecule has 1 unspecified atom stereocenters.